The summed E-state index contributed by atoms with van der Waals surface area (Å²) in [6, 6.07) is 7.22. The first-order chi connectivity index (χ1) is 8.13. The molecule has 1 aromatic carbocycles. The van der Waals surface area contributed by atoms with Crippen LogP contribution in [0.15, 0.2) is 24.3 Å². The van der Waals surface area contributed by atoms with Gasteiger partial charge in [0.05, 0.1) is 6.61 Å². The van der Waals surface area contributed by atoms with Crippen LogP contribution in [-0.2, 0) is 0 Å². The van der Waals surface area contributed by atoms with Gasteiger partial charge in [-0.05, 0) is 43.5 Å². The van der Waals surface area contributed by atoms with Gasteiger partial charge in [0.15, 0.2) is 0 Å². The number of aliphatic hydroxyl groups is 1. The smallest absolute Gasteiger partial charge is 0.115 e. The zero-order valence-corrected chi connectivity index (χ0v) is 9.97. The highest BCUT2D eigenvalue weighted by Crippen LogP contribution is 2.25. The Bertz CT molecular complexity index is 366. The first-order valence-corrected chi connectivity index (χ1v) is 6.07. The molecule has 2 rings (SSSR count). The molecule has 1 aliphatic rings. The summed E-state index contributed by atoms with van der Waals surface area (Å²) in [6.45, 7) is 1.85. The zero-order valence-electron chi connectivity index (χ0n) is 9.97. The summed E-state index contributed by atoms with van der Waals surface area (Å²) in [5, 5.41) is 18.6. The van der Waals surface area contributed by atoms with Gasteiger partial charge >= 0.3 is 0 Å². The molecule has 4 heteroatoms. The molecule has 0 saturated carbocycles. The molecule has 1 atom stereocenters. The van der Waals surface area contributed by atoms with Gasteiger partial charge < -0.3 is 20.8 Å². The fourth-order valence-corrected chi connectivity index (χ4v) is 2.30. The first-order valence-electron chi connectivity index (χ1n) is 6.07. The Hall–Kier alpha value is -1.26. The molecule has 1 unspecified atom stereocenters. The van der Waals surface area contributed by atoms with Crippen molar-refractivity contribution in [3.05, 3.63) is 24.3 Å². The number of phenolic OH excluding ortho intramolecular Hbond substituents is 1. The van der Waals surface area contributed by atoms with Gasteiger partial charge in [0.1, 0.15) is 5.75 Å². The van der Waals surface area contributed by atoms with Crippen molar-refractivity contribution in [2.75, 3.05) is 24.6 Å². The maximum atomic E-state index is 9.29. The quantitative estimate of drug-likeness (QED) is 0.718. The summed E-state index contributed by atoms with van der Waals surface area (Å²) in [5.41, 5.74) is 6.78. The molecule has 0 spiro atoms. The molecule has 0 radical (unpaired) electrons. The fraction of sp³-hybridized carbons (Fsp3) is 0.538. The number of nitrogens with zero attached hydrogens (tertiary/aromatic N) is 1. The normalized spacial score (nSPS) is 25.6. The van der Waals surface area contributed by atoms with Crippen molar-refractivity contribution in [3.8, 4) is 5.75 Å². The molecular formula is C13H20N2O2. The molecule has 4 N–H and O–H groups in total. The molecule has 1 saturated heterocycles. The lowest BCUT2D eigenvalue weighted by atomic mass is 9.93. The van der Waals surface area contributed by atoms with Gasteiger partial charge in [-0.2, -0.15) is 0 Å². The maximum Gasteiger partial charge on any atom is 0.115 e. The van der Waals surface area contributed by atoms with E-state index in [-0.39, 0.29) is 12.4 Å². The van der Waals surface area contributed by atoms with Crippen molar-refractivity contribution in [1.29, 1.82) is 0 Å². The number of hydrogen-bond donors (Lipinski definition) is 3. The average molecular weight is 236 g/mol. The van der Waals surface area contributed by atoms with Crippen LogP contribution in [0.25, 0.3) is 0 Å². The molecule has 1 fully saturated rings. The minimum absolute atomic E-state index is 0.0520. The van der Waals surface area contributed by atoms with Crippen LogP contribution in [0.4, 0.5) is 5.69 Å². The number of anilines is 1. The summed E-state index contributed by atoms with van der Waals surface area (Å²) in [4.78, 5) is 2.25. The van der Waals surface area contributed by atoms with Crippen LogP contribution in [0.5, 0.6) is 5.75 Å². The van der Waals surface area contributed by atoms with Crippen LogP contribution in [0.1, 0.15) is 19.3 Å². The van der Waals surface area contributed by atoms with E-state index in [1.807, 2.05) is 12.1 Å². The highest BCUT2D eigenvalue weighted by molar-refractivity contribution is 5.48. The molecule has 0 aromatic heterocycles. The van der Waals surface area contributed by atoms with E-state index in [1.54, 1.807) is 12.1 Å². The van der Waals surface area contributed by atoms with Crippen molar-refractivity contribution in [2.45, 2.75) is 24.8 Å². The predicted octanol–water partition coefficient (Wildman–Crippen LogP) is 1.07. The second-order valence-corrected chi connectivity index (χ2v) is 4.88. The second kappa shape index (κ2) is 4.94. The molecular weight excluding hydrogens is 216 g/mol. The SMILES string of the molecule is NC1(CO)CCCN(c2ccc(O)cc2)CC1. The zero-order chi connectivity index (χ0) is 12.3. The fourth-order valence-electron chi connectivity index (χ4n) is 2.30. The minimum Gasteiger partial charge on any atom is -0.508 e. The Kier molecular flexibility index (Phi) is 3.54. The van der Waals surface area contributed by atoms with Crippen molar-refractivity contribution < 1.29 is 10.2 Å². The minimum atomic E-state index is -0.425. The predicted molar refractivity (Wildman–Crippen MR) is 68.2 cm³/mol. The van der Waals surface area contributed by atoms with Gasteiger partial charge in [0.2, 0.25) is 0 Å². The third-order valence-electron chi connectivity index (χ3n) is 3.51. The summed E-state index contributed by atoms with van der Waals surface area (Å²) < 4.78 is 0. The van der Waals surface area contributed by atoms with Crippen LogP contribution in [0.3, 0.4) is 0 Å². The van der Waals surface area contributed by atoms with Crippen molar-refractivity contribution in [1.82, 2.24) is 0 Å². The topological polar surface area (TPSA) is 69.7 Å². The van der Waals surface area contributed by atoms with Crippen LogP contribution in [0, 0.1) is 0 Å². The Morgan fingerprint density at radius 3 is 2.53 bits per heavy atom. The van der Waals surface area contributed by atoms with Crippen LogP contribution < -0.4 is 10.6 Å². The highest BCUT2D eigenvalue weighted by atomic mass is 16.3. The van der Waals surface area contributed by atoms with Gasteiger partial charge in [-0.3, -0.25) is 0 Å². The third-order valence-corrected chi connectivity index (χ3v) is 3.51. The summed E-state index contributed by atoms with van der Waals surface area (Å²) >= 11 is 0. The lowest BCUT2D eigenvalue weighted by molar-refractivity contribution is 0.183. The van der Waals surface area contributed by atoms with Crippen molar-refractivity contribution in [3.63, 3.8) is 0 Å². The van der Waals surface area contributed by atoms with E-state index in [1.165, 1.54) is 0 Å². The molecule has 17 heavy (non-hydrogen) atoms. The monoisotopic (exact) mass is 236 g/mol. The lowest BCUT2D eigenvalue weighted by Crippen LogP contribution is -2.44. The lowest BCUT2D eigenvalue weighted by Gasteiger charge is -2.26. The van der Waals surface area contributed by atoms with E-state index in [0.29, 0.717) is 0 Å². The van der Waals surface area contributed by atoms with E-state index < -0.39 is 5.54 Å². The Morgan fingerprint density at radius 2 is 1.88 bits per heavy atom. The summed E-state index contributed by atoms with van der Waals surface area (Å²) in [7, 11) is 0. The van der Waals surface area contributed by atoms with Crippen LogP contribution in [0.2, 0.25) is 0 Å². The molecule has 0 amide bonds. The van der Waals surface area contributed by atoms with E-state index in [2.05, 4.69) is 4.90 Å². The number of phenols is 1. The molecule has 0 bridgehead atoms. The first kappa shape index (κ1) is 12.2. The third kappa shape index (κ3) is 2.90. The standard InChI is InChI=1S/C13H20N2O2/c14-13(10-16)6-1-8-15(9-7-13)11-2-4-12(17)5-3-11/h2-5,16-17H,1,6-10,14H2. The summed E-state index contributed by atoms with van der Waals surface area (Å²) in [6.07, 6.45) is 2.64. The second-order valence-electron chi connectivity index (χ2n) is 4.88. The van der Waals surface area contributed by atoms with Gasteiger partial charge in [0, 0.05) is 24.3 Å². The Balaban J connectivity index is 2.06. The van der Waals surface area contributed by atoms with Gasteiger partial charge in [-0.1, -0.05) is 0 Å². The van der Waals surface area contributed by atoms with E-state index in [9.17, 15) is 10.2 Å². The molecule has 4 nitrogen and oxygen atoms in total. The maximum absolute atomic E-state index is 9.29. The van der Waals surface area contributed by atoms with Crippen LogP contribution in [-0.4, -0.2) is 35.4 Å². The number of nitrogens with two attached hydrogens (primary N) is 1. The number of hydrogen-bond acceptors (Lipinski definition) is 4. The van der Waals surface area contributed by atoms with Crippen LogP contribution >= 0.6 is 0 Å². The Labute approximate surface area is 102 Å². The van der Waals surface area contributed by atoms with Gasteiger partial charge in [-0.15, -0.1) is 0 Å². The number of benzene rings is 1. The molecule has 1 aromatic rings. The van der Waals surface area contributed by atoms with E-state index in [4.69, 9.17) is 5.73 Å². The molecule has 0 aliphatic carbocycles. The van der Waals surface area contributed by atoms with Crippen molar-refractivity contribution in [2.24, 2.45) is 5.73 Å². The number of aliphatic hydroxyl groups excluding tert-OH is 1. The van der Waals surface area contributed by atoms with Gasteiger partial charge in [0.25, 0.3) is 0 Å². The Morgan fingerprint density at radius 1 is 1.18 bits per heavy atom. The number of aromatic hydroxyl groups is 1. The number of rotatable bonds is 2. The highest BCUT2D eigenvalue weighted by Gasteiger charge is 2.27. The molecule has 94 valence electrons. The van der Waals surface area contributed by atoms with Crippen molar-refractivity contribution >= 4 is 5.69 Å². The van der Waals surface area contributed by atoms with E-state index in [0.717, 1.165) is 38.0 Å². The molecule has 1 aliphatic heterocycles. The summed E-state index contributed by atoms with van der Waals surface area (Å²) in [5.74, 6) is 0.284. The largest absolute Gasteiger partial charge is 0.508 e. The van der Waals surface area contributed by atoms with E-state index >= 15 is 0 Å². The average Bonchev–Trinajstić information content (AvgIpc) is 2.53. The van der Waals surface area contributed by atoms with Gasteiger partial charge in [-0.25, -0.2) is 0 Å². The molecule has 1 heterocycles.